The predicted molar refractivity (Wildman–Crippen MR) is 74.0 cm³/mol. The summed E-state index contributed by atoms with van der Waals surface area (Å²) in [5, 5.41) is 2.91. The van der Waals surface area contributed by atoms with Crippen molar-refractivity contribution in [3.8, 4) is 0 Å². The highest BCUT2D eigenvalue weighted by atomic mass is 16.2. The molecule has 1 atom stereocenters. The van der Waals surface area contributed by atoms with Gasteiger partial charge in [-0.2, -0.15) is 0 Å². The summed E-state index contributed by atoms with van der Waals surface area (Å²) >= 11 is 0. The van der Waals surface area contributed by atoms with Crippen LogP contribution in [0.3, 0.4) is 0 Å². The molecule has 1 fully saturated rings. The van der Waals surface area contributed by atoms with Crippen molar-refractivity contribution >= 4 is 11.8 Å². The third-order valence-corrected chi connectivity index (χ3v) is 3.74. The minimum absolute atomic E-state index is 0.0647. The Morgan fingerprint density at radius 2 is 2.11 bits per heavy atom. The number of nitrogens with one attached hydrogen (secondary N) is 1. The maximum Gasteiger partial charge on any atom is 0.251 e. The third-order valence-electron chi connectivity index (χ3n) is 3.74. The van der Waals surface area contributed by atoms with Gasteiger partial charge in [0, 0.05) is 38.0 Å². The summed E-state index contributed by atoms with van der Waals surface area (Å²) in [5.41, 5.74) is 2.98. The van der Waals surface area contributed by atoms with E-state index in [9.17, 15) is 9.59 Å². The van der Waals surface area contributed by atoms with Crippen molar-refractivity contribution in [3.63, 3.8) is 0 Å². The molecule has 19 heavy (non-hydrogen) atoms. The number of rotatable bonds is 3. The number of nitrogens with zero attached hydrogens (tertiary/aromatic N) is 1. The lowest BCUT2D eigenvalue weighted by Crippen LogP contribution is -2.30. The van der Waals surface area contributed by atoms with E-state index in [1.54, 1.807) is 11.9 Å². The van der Waals surface area contributed by atoms with Crippen LogP contribution < -0.4 is 5.32 Å². The van der Waals surface area contributed by atoms with Gasteiger partial charge in [-0.15, -0.1) is 0 Å². The molecule has 1 aliphatic rings. The summed E-state index contributed by atoms with van der Waals surface area (Å²) in [4.78, 5) is 25.1. The molecule has 1 saturated heterocycles. The van der Waals surface area contributed by atoms with Crippen molar-refractivity contribution in [2.45, 2.75) is 20.3 Å². The molecule has 2 amide bonds. The van der Waals surface area contributed by atoms with Crippen LogP contribution in [0, 0.1) is 19.8 Å². The first-order valence-corrected chi connectivity index (χ1v) is 6.57. The Hall–Kier alpha value is -1.84. The molecule has 1 heterocycles. The van der Waals surface area contributed by atoms with E-state index in [0.29, 0.717) is 18.5 Å². The van der Waals surface area contributed by atoms with Crippen LogP contribution >= 0.6 is 0 Å². The minimum Gasteiger partial charge on any atom is -0.352 e. The van der Waals surface area contributed by atoms with E-state index in [0.717, 1.165) is 12.1 Å². The largest absolute Gasteiger partial charge is 0.352 e. The van der Waals surface area contributed by atoms with Crippen molar-refractivity contribution in [1.29, 1.82) is 0 Å². The molecule has 2 rings (SSSR count). The van der Waals surface area contributed by atoms with Crippen molar-refractivity contribution in [3.05, 3.63) is 34.9 Å². The first-order chi connectivity index (χ1) is 8.97. The van der Waals surface area contributed by atoms with Crippen LogP contribution in [0.5, 0.6) is 0 Å². The SMILES string of the molecule is Cc1ccc(C(=O)NCC2CC(=O)N(C)C2)cc1C. The fourth-order valence-electron chi connectivity index (χ4n) is 2.31. The van der Waals surface area contributed by atoms with Gasteiger partial charge >= 0.3 is 0 Å². The second-order valence-corrected chi connectivity index (χ2v) is 5.35. The molecule has 102 valence electrons. The molecule has 0 aliphatic carbocycles. The van der Waals surface area contributed by atoms with Gasteiger partial charge < -0.3 is 10.2 Å². The van der Waals surface area contributed by atoms with E-state index < -0.39 is 0 Å². The smallest absolute Gasteiger partial charge is 0.251 e. The maximum absolute atomic E-state index is 12.0. The van der Waals surface area contributed by atoms with Gasteiger partial charge in [-0.3, -0.25) is 9.59 Å². The number of likely N-dealkylation sites (tertiary alicyclic amines) is 1. The molecule has 1 aliphatic heterocycles. The lowest BCUT2D eigenvalue weighted by atomic mass is 10.1. The molecule has 0 spiro atoms. The predicted octanol–water partition coefficient (Wildman–Crippen LogP) is 1.51. The fourth-order valence-corrected chi connectivity index (χ4v) is 2.31. The second-order valence-electron chi connectivity index (χ2n) is 5.35. The Morgan fingerprint density at radius 3 is 2.68 bits per heavy atom. The Labute approximate surface area is 113 Å². The standard InChI is InChI=1S/C15H20N2O2/c1-10-4-5-13(6-11(10)2)15(19)16-8-12-7-14(18)17(3)9-12/h4-6,12H,7-9H2,1-3H3,(H,16,19). The lowest BCUT2D eigenvalue weighted by Gasteiger charge is -2.12. The summed E-state index contributed by atoms with van der Waals surface area (Å²) in [6.45, 7) is 5.31. The molecule has 4 heteroatoms. The molecule has 1 aromatic carbocycles. The number of aryl methyl sites for hydroxylation is 2. The van der Waals surface area contributed by atoms with Gasteiger partial charge in [0.05, 0.1) is 0 Å². The van der Waals surface area contributed by atoms with E-state index in [1.807, 2.05) is 32.0 Å². The van der Waals surface area contributed by atoms with Gasteiger partial charge in [-0.25, -0.2) is 0 Å². The third kappa shape index (κ3) is 3.13. The number of hydrogen-bond acceptors (Lipinski definition) is 2. The van der Waals surface area contributed by atoms with Crippen molar-refractivity contribution < 1.29 is 9.59 Å². The monoisotopic (exact) mass is 260 g/mol. The van der Waals surface area contributed by atoms with Crippen molar-refractivity contribution in [2.75, 3.05) is 20.1 Å². The average Bonchev–Trinajstić information content (AvgIpc) is 2.69. The Bertz CT molecular complexity index is 511. The number of benzene rings is 1. The van der Waals surface area contributed by atoms with Crippen LogP contribution in [-0.4, -0.2) is 36.9 Å². The van der Waals surface area contributed by atoms with E-state index in [4.69, 9.17) is 0 Å². The molecule has 0 saturated carbocycles. The van der Waals surface area contributed by atoms with E-state index in [-0.39, 0.29) is 17.7 Å². The van der Waals surface area contributed by atoms with Gasteiger partial charge in [-0.1, -0.05) is 6.07 Å². The molecule has 1 unspecified atom stereocenters. The zero-order valence-corrected chi connectivity index (χ0v) is 11.7. The van der Waals surface area contributed by atoms with Gasteiger partial charge in [0.1, 0.15) is 0 Å². The first kappa shape index (κ1) is 13.6. The summed E-state index contributed by atoms with van der Waals surface area (Å²) < 4.78 is 0. The van der Waals surface area contributed by atoms with Crippen LogP contribution in [0.1, 0.15) is 27.9 Å². The number of hydrogen-bond donors (Lipinski definition) is 1. The highest BCUT2D eigenvalue weighted by Gasteiger charge is 2.26. The fraction of sp³-hybridized carbons (Fsp3) is 0.467. The van der Waals surface area contributed by atoms with Gasteiger partial charge in [-0.05, 0) is 37.1 Å². The number of carbonyl (C=O) groups is 2. The van der Waals surface area contributed by atoms with Crippen molar-refractivity contribution in [1.82, 2.24) is 10.2 Å². The van der Waals surface area contributed by atoms with Crippen LogP contribution in [-0.2, 0) is 4.79 Å². The molecule has 0 bridgehead atoms. The normalized spacial score (nSPS) is 18.8. The summed E-state index contributed by atoms with van der Waals surface area (Å²) in [6, 6.07) is 5.69. The first-order valence-electron chi connectivity index (χ1n) is 6.57. The maximum atomic E-state index is 12.0. The molecule has 1 N–H and O–H groups in total. The van der Waals surface area contributed by atoms with Crippen LogP contribution in [0.2, 0.25) is 0 Å². The number of carbonyl (C=O) groups excluding carboxylic acids is 2. The van der Waals surface area contributed by atoms with Gasteiger partial charge in [0.15, 0.2) is 0 Å². The Balaban J connectivity index is 1.91. The molecule has 4 nitrogen and oxygen atoms in total. The molecule has 1 aromatic rings. The highest BCUT2D eigenvalue weighted by Crippen LogP contribution is 2.15. The lowest BCUT2D eigenvalue weighted by molar-refractivity contribution is -0.126. The van der Waals surface area contributed by atoms with Gasteiger partial charge in [0.25, 0.3) is 5.91 Å². The molecule has 0 radical (unpaired) electrons. The van der Waals surface area contributed by atoms with Crippen LogP contribution in [0.4, 0.5) is 0 Å². The Kier molecular flexibility index (Phi) is 3.88. The van der Waals surface area contributed by atoms with Gasteiger partial charge in [0.2, 0.25) is 5.91 Å². The van der Waals surface area contributed by atoms with E-state index in [2.05, 4.69) is 5.32 Å². The topological polar surface area (TPSA) is 49.4 Å². The van der Waals surface area contributed by atoms with E-state index >= 15 is 0 Å². The van der Waals surface area contributed by atoms with Crippen LogP contribution in [0.15, 0.2) is 18.2 Å². The van der Waals surface area contributed by atoms with Crippen LogP contribution in [0.25, 0.3) is 0 Å². The molecular weight excluding hydrogens is 240 g/mol. The summed E-state index contributed by atoms with van der Waals surface area (Å²) in [6.07, 6.45) is 0.531. The summed E-state index contributed by atoms with van der Waals surface area (Å²) in [5.74, 6) is 0.323. The quantitative estimate of drug-likeness (QED) is 0.895. The highest BCUT2D eigenvalue weighted by molar-refractivity contribution is 5.94. The summed E-state index contributed by atoms with van der Waals surface area (Å²) in [7, 11) is 1.80. The zero-order chi connectivity index (χ0) is 14.0. The molecule has 0 aromatic heterocycles. The van der Waals surface area contributed by atoms with E-state index in [1.165, 1.54) is 5.56 Å². The number of amides is 2. The minimum atomic E-state index is -0.0647. The second kappa shape index (κ2) is 5.43. The van der Waals surface area contributed by atoms with Crippen molar-refractivity contribution in [2.24, 2.45) is 5.92 Å². The average molecular weight is 260 g/mol. The molecular formula is C15H20N2O2. The Morgan fingerprint density at radius 1 is 1.37 bits per heavy atom. The zero-order valence-electron chi connectivity index (χ0n) is 11.7.